The molecule has 1 aliphatic heterocycles. The summed E-state index contributed by atoms with van der Waals surface area (Å²) < 4.78 is 27.6. The first-order valence-electron chi connectivity index (χ1n) is 5.27. The fourth-order valence-electron chi connectivity index (χ4n) is 1.59. The van der Waals surface area contributed by atoms with Crippen molar-refractivity contribution in [1.82, 2.24) is 5.32 Å². The lowest BCUT2D eigenvalue weighted by atomic mass is 10.2. The molecule has 0 aliphatic carbocycles. The Labute approximate surface area is 110 Å². The van der Waals surface area contributed by atoms with E-state index < -0.39 is 10.0 Å². The number of nitrogens with one attached hydrogen (secondary N) is 2. The molecule has 1 aromatic carbocycles. The van der Waals surface area contributed by atoms with Gasteiger partial charge in [-0.15, -0.1) is 4.40 Å². The predicted molar refractivity (Wildman–Crippen MR) is 72.4 cm³/mol. The number of hydrogen-bond acceptors (Lipinski definition) is 5. The number of nitrogen functional groups attached to an aromatic ring is 1. The Balaban J connectivity index is 2.55. The van der Waals surface area contributed by atoms with Gasteiger partial charge in [0.1, 0.15) is 4.90 Å². The second-order valence-corrected chi connectivity index (χ2v) is 6.22. The highest BCUT2D eigenvalue weighted by Crippen LogP contribution is 2.34. The van der Waals surface area contributed by atoms with Gasteiger partial charge < -0.3 is 16.4 Å². The average molecular weight is 289 g/mol. The number of nitrogens with two attached hydrogens (primary N) is 1. The van der Waals surface area contributed by atoms with E-state index in [-0.39, 0.29) is 27.6 Å². The molecule has 1 heterocycles. The van der Waals surface area contributed by atoms with Gasteiger partial charge in [0, 0.05) is 11.1 Å². The van der Waals surface area contributed by atoms with Gasteiger partial charge >= 0.3 is 0 Å². The summed E-state index contributed by atoms with van der Waals surface area (Å²) in [6.07, 6.45) is 0. The third-order valence-corrected chi connectivity index (χ3v) is 3.77. The van der Waals surface area contributed by atoms with Crippen molar-refractivity contribution in [3.8, 4) is 0 Å². The number of rotatable bonds is 1. The van der Waals surface area contributed by atoms with E-state index in [1.165, 1.54) is 12.1 Å². The van der Waals surface area contributed by atoms with Crippen LogP contribution in [0.5, 0.6) is 0 Å². The van der Waals surface area contributed by atoms with Crippen LogP contribution in [0.2, 0.25) is 5.02 Å². The smallest absolute Gasteiger partial charge is 0.287 e. The Morgan fingerprint density at radius 3 is 2.72 bits per heavy atom. The third-order valence-electron chi connectivity index (χ3n) is 2.26. The van der Waals surface area contributed by atoms with Crippen molar-refractivity contribution in [2.24, 2.45) is 4.40 Å². The quantitative estimate of drug-likeness (QED) is 0.679. The SMILES string of the molecule is CC(C)NC1=NS(=O)(=O)c2cc(Cl)cc(N)c2N1. The van der Waals surface area contributed by atoms with Crippen molar-refractivity contribution >= 4 is 39.0 Å². The third kappa shape index (κ3) is 2.37. The molecule has 0 bridgehead atoms. The summed E-state index contributed by atoms with van der Waals surface area (Å²) in [7, 11) is -3.78. The molecular weight excluding hydrogens is 276 g/mol. The standard InChI is InChI=1S/C10H13ClN4O2S/c1-5(2)13-10-14-9-7(12)3-6(11)4-8(9)18(16,17)15-10/h3-5H,12H2,1-2H3,(H2,13,14,15). The number of nitrogens with zero attached hydrogens (tertiary/aromatic N) is 1. The Morgan fingerprint density at radius 1 is 1.44 bits per heavy atom. The lowest BCUT2D eigenvalue weighted by molar-refractivity contribution is 0.597. The first-order chi connectivity index (χ1) is 8.29. The summed E-state index contributed by atoms with van der Waals surface area (Å²) in [6.45, 7) is 3.75. The molecule has 0 aromatic heterocycles. The van der Waals surface area contributed by atoms with Crippen molar-refractivity contribution in [1.29, 1.82) is 0 Å². The number of hydrogen-bond donors (Lipinski definition) is 3. The normalized spacial score (nSPS) is 16.8. The summed E-state index contributed by atoms with van der Waals surface area (Å²) >= 11 is 5.79. The highest BCUT2D eigenvalue weighted by molar-refractivity contribution is 7.90. The van der Waals surface area contributed by atoms with Gasteiger partial charge in [-0.2, -0.15) is 8.42 Å². The van der Waals surface area contributed by atoms with E-state index in [9.17, 15) is 8.42 Å². The molecule has 0 amide bonds. The largest absolute Gasteiger partial charge is 0.397 e. The summed E-state index contributed by atoms with van der Waals surface area (Å²) in [4.78, 5) is -0.0122. The molecule has 4 N–H and O–H groups in total. The monoisotopic (exact) mass is 288 g/mol. The topological polar surface area (TPSA) is 96.6 Å². The van der Waals surface area contributed by atoms with Crippen LogP contribution in [0.4, 0.5) is 11.4 Å². The van der Waals surface area contributed by atoms with Gasteiger partial charge in [-0.1, -0.05) is 11.6 Å². The van der Waals surface area contributed by atoms with Crippen LogP contribution >= 0.6 is 11.6 Å². The molecule has 2 rings (SSSR count). The minimum Gasteiger partial charge on any atom is -0.397 e. The molecule has 0 radical (unpaired) electrons. The molecule has 1 aliphatic rings. The Morgan fingerprint density at radius 2 is 2.11 bits per heavy atom. The summed E-state index contributed by atoms with van der Waals surface area (Å²) in [5.41, 5.74) is 6.33. The van der Waals surface area contributed by atoms with Gasteiger partial charge in [-0.05, 0) is 26.0 Å². The molecule has 0 spiro atoms. The van der Waals surface area contributed by atoms with Crippen LogP contribution in [-0.4, -0.2) is 20.4 Å². The van der Waals surface area contributed by atoms with Gasteiger partial charge in [0.15, 0.2) is 0 Å². The van der Waals surface area contributed by atoms with Crippen LogP contribution in [0.3, 0.4) is 0 Å². The number of anilines is 2. The highest BCUT2D eigenvalue weighted by atomic mass is 35.5. The Bertz CT molecular complexity index is 625. The zero-order valence-corrected chi connectivity index (χ0v) is 11.4. The molecule has 0 fully saturated rings. The maximum atomic E-state index is 12.0. The van der Waals surface area contributed by atoms with Gasteiger partial charge in [0.05, 0.1) is 11.4 Å². The maximum Gasteiger partial charge on any atom is 0.287 e. The second kappa shape index (κ2) is 4.33. The first-order valence-corrected chi connectivity index (χ1v) is 7.09. The number of sulfonamides is 1. The van der Waals surface area contributed by atoms with E-state index in [0.29, 0.717) is 5.69 Å². The van der Waals surface area contributed by atoms with E-state index in [4.69, 9.17) is 17.3 Å². The van der Waals surface area contributed by atoms with Gasteiger partial charge in [0.25, 0.3) is 10.0 Å². The van der Waals surface area contributed by atoms with Gasteiger partial charge in [-0.3, -0.25) is 0 Å². The van der Waals surface area contributed by atoms with Crippen molar-refractivity contribution in [2.75, 3.05) is 11.1 Å². The Hall–Kier alpha value is -1.47. The fraction of sp³-hybridized carbons (Fsp3) is 0.300. The second-order valence-electron chi connectivity index (χ2n) is 4.21. The molecule has 8 heteroatoms. The van der Waals surface area contributed by atoms with E-state index in [0.717, 1.165) is 0 Å². The van der Waals surface area contributed by atoms with Crippen molar-refractivity contribution in [3.05, 3.63) is 17.2 Å². The molecular formula is C10H13ClN4O2S. The number of fused-ring (bicyclic) bond motifs is 1. The summed E-state index contributed by atoms with van der Waals surface area (Å²) in [5, 5.41) is 6.00. The lowest BCUT2D eigenvalue weighted by Crippen LogP contribution is -2.38. The maximum absolute atomic E-state index is 12.0. The van der Waals surface area contributed by atoms with Crippen LogP contribution in [0.1, 0.15) is 13.8 Å². The van der Waals surface area contributed by atoms with Crippen LogP contribution in [0, 0.1) is 0 Å². The van der Waals surface area contributed by atoms with Crippen molar-refractivity contribution in [2.45, 2.75) is 24.8 Å². The predicted octanol–water partition coefficient (Wildman–Crippen LogP) is 1.39. The first kappa shape index (κ1) is 13.0. The fourth-order valence-corrected chi connectivity index (χ4v) is 3.02. The molecule has 0 unspecified atom stereocenters. The van der Waals surface area contributed by atoms with Crippen LogP contribution in [0.15, 0.2) is 21.4 Å². The zero-order chi connectivity index (χ0) is 13.5. The summed E-state index contributed by atoms with van der Waals surface area (Å²) in [6, 6.07) is 2.86. The van der Waals surface area contributed by atoms with E-state index in [1.54, 1.807) is 0 Å². The molecule has 0 saturated carbocycles. The highest BCUT2D eigenvalue weighted by Gasteiger charge is 2.27. The Kier molecular flexibility index (Phi) is 3.12. The van der Waals surface area contributed by atoms with Crippen LogP contribution in [0.25, 0.3) is 0 Å². The number of guanidine groups is 1. The minimum atomic E-state index is -3.78. The molecule has 0 saturated heterocycles. The van der Waals surface area contributed by atoms with Crippen molar-refractivity contribution in [3.63, 3.8) is 0 Å². The molecule has 98 valence electrons. The molecule has 0 atom stereocenters. The van der Waals surface area contributed by atoms with E-state index in [2.05, 4.69) is 15.0 Å². The van der Waals surface area contributed by atoms with Gasteiger partial charge in [-0.25, -0.2) is 0 Å². The van der Waals surface area contributed by atoms with Crippen LogP contribution < -0.4 is 16.4 Å². The molecule has 1 aromatic rings. The van der Waals surface area contributed by atoms with Gasteiger partial charge in [0.2, 0.25) is 5.96 Å². The number of benzene rings is 1. The van der Waals surface area contributed by atoms with E-state index in [1.807, 2.05) is 13.8 Å². The van der Waals surface area contributed by atoms with Crippen LogP contribution in [-0.2, 0) is 10.0 Å². The lowest BCUT2D eigenvalue weighted by Gasteiger charge is -2.22. The molecule has 18 heavy (non-hydrogen) atoms. The van der Waals surface area contributed by atoms with Crippen molar-refractivity contribution < 1.29 is 8.42 Å². The average Bonchev–Trinajstić information content (AvgIpc) is 2.18. The molecule has 6 nitrogen and oxygen atoms in total. The van der Waals surface area contributed by atoms with E-state index >= 15 is 0 Å². The minimum absolute atomic E-state index is 0.0122. The zero-order valence-electron chi connectivity index (χ0n) is 9.86. The summed E-state index contributed by atoms with van der Waals surface area (Å²) in [5.74, 6) is 0.159. The number of halogens is 1.